The molecule has 3 nitrogen and oxygen atoms in total. The standard InChI is InChI=1S/C20H28N2O/c1-14-4-6-17(7-5-14)19-9-15-8-16(10-19)12-20(11-15,13-19)18(23)21-22(2)3/h4-7,15-16H,8-13H2,1-3H3,(H,21,23)/t15-,16-,19?,20?/m0/s1. The van der Waals surface area contributed by atoms with E-state index >= 15 is 0 Å². The van der Waals surface area contributed by atoms with E-state index in [2.05, 4.69) is 36.6 Å². The van der Waals surface area contributed by atoms with Crippen molar-refractivity contribution in [3.05, 3.63) is 35.4 Å². The monoisotopic (exact) mass is 312 g/mol. The molecular weight excluding hydrogens is 284 g/mol. The Morgan fingerprint density at radius 1 is 1.09 bits per heavy atom. The van der Waals surface area contributed by atoms with E-state index in [4.69, 9.17) is 0 Å². The van der Waals surface area contributed by atoms with E-state index in [1.165, 1.54) is 30.4 Å². The van der Waals surface area contributed by atoms with Crippen molar-refractivity contribution in [3.8, 4) is 0 Å². The number of hydrogen-bond donors (Lipinski definition) is 1. The minimum absolute atomic E-state index is 0.140. The minimum Gasteiger partial charge on any atom is -0.289 e. The second kappa shape index (κ2) is 5.07. The molecule has 0 unspecified atom stereocenters. The third-order valence-electron chi connectivity index (χ3n) is 6.53. The van der Waals surface area contributed by atoms with Crippen LogP contribution in [-0.4, -0.2) is 25.0 Å². The van der Waals surface area contributed by atoms with E-state index in [9.17, 15) is 4.79 Å². The number of rotatable bonds is 3. The van der Waals surface area contributed by atoms with Gasteiger partial charge in [0, 0.05) is 14.1 Å². The van der Waals surface area contributed by atoms with Crippen LogP contribution in [0.15, 0.2) is 24.3 Å². The van der Waals surface area contributed by atoms with Crippen LogP contribution >= 0.6 is 0 Å². The maximum absolute atomic E-state index is 13.0. The highest BCUT2D eigenvalue weighted by molar-refractivity contribution is 5.83. The molecule has 1 amide bonds. The molecule has 4 aliphatic rings. The number of aryl methyl sites for hydroxylation is 1. The van der Waals surface area contributed by atoms with Crippen LogP contribution in [0.25, 0.3) is 0 Å². The van der Waals surface area contributed by atoms with Gasteiger partial charge in [-0.15, -0.1) is 0 Å². The summed E-state index contributed by atoms with van der Waals surface area (Å²) < 4.78 is 0. The molecule has 5 rings (SSSR count). The predicted octanol–water partition coefficient (Wildman–Crippen LogP) is 3.43. The normalized spacial score (nSPS) is 38.1. The Hall–Kier alpha value is -1.35. The second-order valence-corrected chi connectivity index (χ2v) is 8.72. The molecule has 0 saturated heterocycles. The zero-order valence-corrected chi connectivity index (χ0v) is 14.6. The van der Waals surface area contributed by atoms with Crippen molar-refractivity contribution >= 4 is 5.91 Å². The van der Waals surface area contributed by atoms with Crippen molar-refractivity contribution < 1.29 is 4.79 Å². The molecule has 0 radical (unpaired) electrons. The number of nitrogens with zero attached hydrogens (tertiary/aromatic N) is 1. The Bertz CT molecular complexity index is 605. The van der Waals surface area contributed by atoms with Gasteiger partial charge in [0.2, 0.25) is 5.91 Å². The molecule has 2 atom stereocenters. The first-order valence-electron chi connectivity index (χ1n) is 8.96. The van der Waals surface area contributed by atoms with E-state index in [1.807, 2.05) is 14.1 Å². The van der Waals surface area contributed by atoms with Crippen molar-refractivity contribution in [2.75, 3.05) is 14.1 Å². The molecule has 4 aliphatic carbocycles. The highest BCUT2D eigenvalue weighted by Gasteiger charge is 2.60. The maximum atomic E-state index is 13.0. The topological polar surface area (TPSA) is 32.3 Å². The average molecular weight is 312 g/mol. The van der Waals surface area contributed by atoms with Gasteiger partial charge >= 0.3 is 0 Å². The summed E-state index contributed by atoms with van der Waals surface area (Å²) in [5, 5.41) is 1.81. The van der Waals surface area contributed by atoms with Crippen molar-refractivity contribution in [3.63, 3.8) is 0 Å². The van der Waals surface area contributed by atoms with Gasteiger partial charge in [-0.2, -0.15) is 0 Å². The van der Waals surface area contributed by atoms with E-state index in [-0.39, 0.29) is 16.7 Å². The fraction of sp³-hybridized carbons (Fsp3) is 0.650. The van der Waals surface area contributed by atoms with Crippen molar-refractivity contribution in [1.82, 2.24) is 10.4 Å². The number of nitrogens with one attached hydrogen (secondary N) is 1. The van der Waals surface area contributed by atoms with E-state index < -0.39 is 0 Å². The van der Waals surface area contributed by atoms with Crippen molar-refractivity contribution in [2.24, 2.45) is 17.3 Å². The summed E-state index contributed by atoms with van der Waals surface area (Å²) in [5.74, 6) is 1.71. The molecule has 0 aliphatic heterocycles. The van der Waals surface area contributed by atoms with E-state index in [1.54, 1.807) is 5.01 Å². The molecule has 0 heterocycles. The molecule has 1 N–H and O–H groups in total. The van der Waals surface area contributed by atoms with Crippen LogP contribution in [0, 0.1) is 24.2 Å². The van der Waals surface area contributed by atoms with Gasteiger partial charge in [-0.25, -0.2) is 5.01 Å². The Morgan fingerprint density at radius 2 is 1.70 bits per heavy atom. The summed E-state index contributed by atoms with van der Waals surface area (Å²) in [5.41, 5.74) is 5.96. The molecule has 0 spiro atoms. The second-order valence-electron chi connectivity index (χ2n) is 8.72. The van der Waals surface area contributed by atoms with Gasteiger partial charge < -0.3 is 0 Å². The number of hydrogen-bond acceptors (Lipinski definition) is 2. The molecule has 4 fully saturated rings. The SMILES string of the molecule is Cc1ccc(C23C[C@@H]4C[C@H](CC(C(=O)NN(C)C)(C4)C2)C3)cc1. The van der Waals surface area contributed by atoms with Crippen LogP contribution in [0.3, 0.4) is 0 Å². The Balaban J connectivity index is 1.70. The summed E-state index contributed by atoms with van der Waals surface area (Å²) in [6.45, 7) is 2.15. The summed E-state index contributed by atoms with van der Waals surface area (Å²) in [6, 6.07) is 9.11. The number of carbonyl (C=O) groups excluding carboxylic acids is 1. The molecule has 1 aromatic carbocycles. The van der Waals surface area contributed by atoms with Crippen molar-refractivity contribution in [1.29, 1.82) is 0 Å². The Labute approximate surface area is 139 Å². The lowest BCUT2D eigenvalue weighted by molar-refractivity contribution is -0.153. The smallest absolute Gasteiger partial charge is 0.240 e. The Kier molecular flexibility index (Phi) is 3.35. The van der Waals surface area contributed by atoms with Gasteiger partial charge in [-0.1, -0.05) is 29.8 Å². The zero-order valence-electron chi connectivity index (χ0n) is 14.6. The third kappa shape index (κ3) is 2.40. The van der Waals surface area contributed by atoms with Gasteiger partial charge in [0.15, 0.2) is 0 Å². The molecule has 124 valence electrons. The van der Waals surface area contributed by atoms with Crippen LogP contribution < -0.4 is 5.43 Å². The first-order chi connectivity index (χ1) is 10.9. The molecule has 3 heteroatoms. The molecule has 1 aromatic rings. The highest BCUT2D eigenvalue weighted by Crippen LogP contribution is 2.65. The summed E-state index contributed by atoms with van der Waals surface area (Å²) in [4.78, 5) is 13.0. The largest absolute Gasteiger partial charge is 0.289 e. The van der Waals surface area contributed by atoms with Gasteiger partial charge in [0.05, 0.1) is 5.41 Å². The van der Waals surface area contributed by atoms with Crippen LogP contribution in [0.5, 0.6) is 0 Å². The number of benzene rings is 1. The molecular formula is C20H28N2O. The number of hydrazine groups is 1. The Morgan fingerprint density at radius 3 is 2.26 bits per heavy atom. The van der Waals surface area contributed by atoms with Gasteiger partial charge in [0.25, 0.3) is 0 Å². The maximum Gasteiger partial charge on any atom is 0.240 e. The van der Waals surface area contributed by atoms with Crippen LogP contribution in [0.2, 0.25) is 0 Å². The van der Waals surface area contributed by atoms with Crippen molar-refractivity contribution in [2.45, 2.75) is 50.9 Å². The lowest BCUT2D eigenvalue weighted by Gasteiger charge is -2.61. The molecule has 23 heavy (non-hydrogen) atoms. The van der Waals surface area contributed by atoms with E-state index in [0.717, 1.165) is 31.1 Å². The summed E-state index contributed by atoms with van der Waals surface area (Å²) in [7, 11) is 3.82. The third-order valence-corrected chi connectivity index (χ3v) is 6.53. The van der Waals surface area contributed by atoms with Crippen LogP contribution in [-0.2, 0) is 10.2 Å². The molecule has 4 saturated carbocycles. The quantitative estimate of drug-likeness (QED) is 0.867. The lowest BCUT2D eigenvalue weighted by atomic mass is 9.42. The van der Waals surface area contributed by atoms with Crippen LogP contribution in [0.1, 0.15) is 49.7 Å². The summed E-state index contributed by atoms with van der Waals surface area (Å²) in [6.07, 6.45) is 7.13. The highest BCUT2D eigenvalue weighted by atomic mass is 16.2. The molecule has 4 bridgehead atoms. The lowest BCUT2D eigenvalue weighted by Crippen LogP contribution is -2.60. The molecule has 0 aromatic heterocycles. The number of carbonyl (C=O) groups is 1. The van der Waals surface area contributed by atoms with Gasteiger partial charge in [-0.05, 0) is 68.3 Å². The number of amides is 1. The minimum atomic E-state index is -0.140. The van der Waals surface area contributed by atoms with Gasteiger partial charge in [-0.3, -0.25) is 10.2 Å². The first kappa shape index (κ1) is 15.2. The fourth-order valence-electron chi connectivity index (χ4n) is 6.09. The van der Waals surface area contributed by atoms with Gasteiger partial charge in [0.1, 0.15) is 0 Å². The zero-order chi connectivity index (χ0) is 16.2. The van der Waals surface area contributed by atoms with E-state index in [0.29, 0.717) is 0 Å². The van der Waals surface area contributed by atoms with Crippen LogP contribution in [0.4, 0.5) is 0 Å². The predicted molar refractivity (Wildman–Crippen MR) is 91.8 cm³/mol. The summed E-state index contributed by atoms with van der Waals surface area (Å²) >= 11 is 0. The average Bonchev–Trinajstić information content (AvgIpc) is 2.45. The first-order valence-corrected chi connectivity index (χ1v) is 8.96. The fourth-order valence-corrected chi connectivity index (χ4v) is 6.09.